The fourth-order valence-electron chi connectivity index (χ4n) is 1.08. The molecule has 0 atom stereocenters. The fourth-order valence-corrected chi connectivity index (χ4v) is 1.08. The number of ether oxygens (including phenoxy) is 1. The van der Waals surface area contributed by atoms with E-state index in [0.29, 0.717) is 26.2 Å². The Labute approximate surface area is 106 Å². The van der Waals surface area contributed by atoms with Gasteiger partial charge >= 0.3 is 12.0 Å². The molecule has 0 bridgehead atoms. The summed E-state index contributed by atoms with van der Waals surface area (Å²) in [6, 6.07) is -0.610. The minimum Gasteiger partial charge on any atom is -0.481 e. The molecule has 0 aromatic rings. The Morgan fingerprint density at radius 2 is 1.89 bits per heavy atom. The van der Waals surface area contributed by atoms with Crippen LogP contribution in [0.2, 0.25) is 0 Å². The molecule has 0 heterocycles. The molecule has 0 saturated carbocycles. The molecule has 3 amide bonds. The highest BCUT2D eigenvalue weighted by molar-refractivity contribution is 5.95. The summed E-state index contributed by atoms with van der Waals surface area (Å²) in [7, 11) is 0. The van der Waals surface area contributed by atoms with Gasteiger partial charge in [0, 0.05) is 26.2 Å². The lowest BCUT2D eigenvalue weighted by Gasteiger charge is -2.06. The van der Waals surface area contributed by atoms with Gasteiger partial charge in [-0.05, 0) is 12.8 Å². The average molecular weight is 260 g/mol. The van der Waals surface area contributed by atoms with Crippen molar-refractivity contribution in [3.8, 4) is 0 Å². The highest BCUT2D eigenvalue weighted by Gasteiger charge is 2.08. The molecule has 7 heteroatoms. The molecule has 7 nitrogen and oxygen atoms in total. The molecule has 0 aliphatic heterocycles. The molecule has 18 heavy (non-hydrogen) atoms. The number of aliphatic carboxylic acids is 1. The van der Waals surface area contributed by atoms with Crippen molar-refractivity contribution in [2.24, 2.45) is 0 Å². The largest absolute Gasteiger partial charge is 0.481 e. The molecule has 0 aliphatic carbocycles. The number of rotatable bonds is 9. The maximum Gasteiger partial charge on any atom is 0.321 e. The van der Waals surface area contributed by atoms with Crippen LogP contribution < -0.4 is 10.6 Å². The summed E-state index contributed by atoms with van der Waals surface area (Å²) >= 11 is 0. The van der Waals surface area contributed by atoms with Crippen LogP contribution in [0.5, 0.6) is 0 Å². The van der Waals surface area contributed by atoms with Crippen LogP contribution in [0.25, 0.3) is 0 Å². The van der Waals surface area contributed by atoms with E-state index in [9.17, 15) is 14.4 Å². The smallest absolute Gasteiger partial charge is 0.321 e. The summed E-state index contributed by atoms with van der Waals surface area (Å²) in [5, 5.41) is 12.9. The summed E-state index contributed by atoms with van der Waals surface area (Å²) in [4.78, 5) is 32.4. The maximum atomic E-state index is 11.2. The van der Waals surface area contributed by atoms with Gasteiger partial charge in [0.15, 0.2) is 0 Å². The van der Waals surface area contributed by atoms with Gasteiger partial charge in [0.2, 0.25) is 5.91 Å². The summed E-state index contributed by atoms with van der Waals surface area (Å²) in [6.45, 7) is 3.66. The molecular weight excluding hydrogens is 240 g/mol. The molecule has 104 valence electrons. The van der Waals surface area contributed by atoms with Crippen LogP contribution in [0.15, 0.2) is 0 Å². The van der Waals surface area contributed by atoms with Crippen LogP contribution in [0.3, 0.4) is 0 Å². The third-order valence-corrected chi connectivity index (χ3v) is 1.92. The molecule has 0 aromatic heterocycles. The van der Waals surface area contributed by atoms with Gasteiger partial charge in [0.1, 0.15) is 0 Å². The second-order valence-electron chi connectivity index (χ2n) is 3.66. The number of carboxylic acid groups (broad SMARTS) is 1. The summed E-state index contributed by atoms with van der Waals surface area (Å²) < 4.78 is 5.21. The molecule has 0 fully saturated rings. The first kappa shape index (κ1) is 16.4. The van der Waals surface area contributed by atoms with Crippen molar-refractivity contribution < 1.29 is 24.2 Å². The molecule has 0 aromatic carbocycles. The molecule has 0 radical (unpaired) electrons. The Hall–Kier alpha value is -1.63. The summed E-state index contributed by atoms with van der Waals surface area (Å²) in [5.74, 6) is -1.67. The van der Waals surface area contributed by atoms with E-state index in [1.807, 2.05) is 12.2 Å². The minimum absolute atomic E-state index is 0.206. The van der Waals surface area contributed by atoms with Crippen molar-refractivity contribution in [2.45, 2.75) is 32.6 Å². The van der Waals surface area contributed by atoms with Gasteiger partial charge in [0.05, 0.1) is 6.42 Å². The van der Waals surface area contributed by atoms with Crippen molar-refractivity contribution in [2.75, 3.05) is 19.8 Å². The average Bonchev–Trinajstić information content (AvgIpc) is 2.31. The van der Waals surface area contributed by atoms with Gasteiger partial charge in [0.25, 0.3) is 0 Å². The maximum absolute atomic E-state index is 11.2. The van der Waals surface area contributed by atoms with Crippen LogP contribution in [0.4, 0.5) is 4.79 Å². The standard InChI is InChI=1S/C11H20N2O5/c1-2-7-18-8-3-6-12-11(17)13-9(14)4-5-10(15)16/h2-8H2,1H3,(H,15,16)(H2,12,13,14,17). The van der Waals surface area contributed by atoms with Crippen molar-refractivity contribution >= 4 is 17.9 Å². The SMILES string of the molecule is CCCOCCCNC(=O)NC(=O)CCC(=O)O. The second-order valence-corrected chi connectivity index (χ2v) is 3.66. The third-order valence-electron chi connectivity index (χ3n) is 1.92. The first-order valence-corrected chi connectivity index (χ1v) is 5.93. The van der Waals surface area contributed by atoms with Crippen molar-refractivity contribution in [3.63, 3.8) is 0 Å². The van der Waals surface area contributed by atoms with E-state index in [4.69, 9.17) is 9.84 Å². The number of hydrogen-bond donors (Lipinski definition) is 3. The quantitative estimate of drug-likeness (QED) is 0.523. The van der Waals surface area contributed by atoms with Crippen molar-refractivity contribution in [1.82, 2.24) is 10.6 Å². The van der Waals surface area contributed by atoms with Crippen LogP contribution in [0.1, 0.15) is 32.6 Å². The zero-order chi connectivity index (χ0) is 13.8. The number of imide groups is 1. The topological polar surface area (TPSA) is 105 Å². The van der Waals surface area contributed by atoms with E-state index in [1.165, 1.54) is 0 Å². The van der Waals surface area contributed by atoms with Gasteiger partial charge in [-0.2, -0.15) is 0 Å². The highest BCUT2D eigenvalue weighted by Crippen LogP contribution is 1.88. The molecule has 0 rings (SSSR count). The molecular formula is C11H20N2O5. The van der Waals surface area contributed by atoms with E-state index < -0.39 is 17.9 Å². The Balaban J connectivity index is 3.47. The van der Waals surface area contributed by atoms with Crippen LogP contribution in [-0.4, -0.2) is 42.8 Å². The van der Waals surface area contributed by atoms with Gasteiger partial charge in [-0.3, -0.25) is 14.9 Å². The van der Waals surface area contributed by atoms with Crippen LogP contribution >= 0.6 is 0 Å². The molecule has 0 aliphatic rings. The van der Waals surface area contributed by atoms with Crippen molar-refractivity contribution in [1.29, 1.82) is 0 Å². The van der Waals surface area contributed by atoms with Gasteiger partial charge in [-0.15, -0.1) is 0 Å². The number of carboxylic acids is 1. The number of amides is 3. The Kier molecular flexibility index (Phi) is 9.57. The lowest BCUT2D eigenvalue weighted by atomic mass is 10.3. The van der Waals surface area contributed by atoms with Gasteiger partial charge in [-0.25, -0.2) is 4.79 Å². The number of carbonyl (C=O) groups is 3. The summed E-state index contributed by atoms with van der Waals surface area (Å²) in [6.07, 6.45) is 1.12. The lowest BCUT2D eigenvalue weighted by molar-refractivity contribution is -0.138. The predicted octanol–water partition coefficient (Wildman–Crippen LogP) is 0.494. The third kappa shape index (κ3) is 10.9. The predicted molar refractivity (Wildman–Crippen MR) is 64.1 cm³/mol. The van der Waals surface area contributed by atoms with E-state index in [-0.39, 0.29) is 12.8 Å². The second kappa shape index (κ2) is 10.5. The molecule has 0 saturated heterocycles. The van der Waals surface area contributed by atoms with Gasteiger partial charge in [-0.1, -0.05) is 6.92 Å². The summed E-state index contributed by atoms with van der Waals surface area (Å²) in [5.41, 5.74) is 0. The van der Waals surface area contributed by atoms with Crippen molar-refractivity contribution in [3.05, 3.63) is 0 Å². The Bertz CT molecular complexity index is 281. The fraction of sp³-hybridized carbons (Fsp3) is 0.727. The molecule has 3 N–H and O–H groups in total. The molecule has 0 unspecified atom stereocenters. The lowest BCUT2D eigenvalue weighted by Crippen LogP contribution is -2.40. The van der Waals surface area contributed by atoms with Gasteiger partial charge < -0.3 is 15.2 Å². The van der Waals surface area contributed by atoms with Crippen LogP contribution in [-0.2, 0) is 14.3 Å². The zero-order valence-corrected chi connectivity index (χ0v) is 10.5. The Morgan fingerprint density at radius 3 is 2.50 bits per heavy atom. The zero-order valence-electron chi connectivity index (χ0n) is 10.5. The normalized spacial score (nSPS) is 9.83. The number of nitrogens with one attached hydrogen (secondary N) is 2. The first-order valence-electron chi connectivity index (χ1n) is 5.93. The number of hydrogen-bond acceptors (Lipinski definition) is 4. The first-order chi connectivity index (χ1) is 8.56. The highest BCUT2D eigenvalue weighted by atomic mass is 16.5. The number of urea groups is 1. The van der Waals surface area contributed by atoms with E-state index in [1.54, 1.807) is 0 Å². The van der Waals surface area contributed by atoms with E-state index in [0.717, 1.165) is 6.42 Å². The molecule has 0 spiro atoms. The Morgan fingerprint density at radius 1 is 1.17 bits per heavy atom. The van der Waals surface area contributed by atoms with Crippen LogP contribution in [0, 0.1) is 0 Å². The monoisotopic (exact) mass is 260 g/mol. The number of carbonyl (C=O) groups excluding carboxylic acids is 2. The van der Waals surface area contributed by atoms with E-state index in [2.05, 4.69) is 5.32 Å². The minimum atomic E-state index is -1.07. The van der Waals surface area contributed by atoms with E-state index >= 15 is 0 Å².